The molecule has 19 heavy (non-hydrogen) atoms. The molecule has 0 amide bonds. The number of methoxy groups -OCH3 is 1. The third-order valence-corrected chi connectivity index (χ3v) is 4.02. The van der Waals surface area contributed by atoms with Crippen molar-refractivity contribution in [1.82, 2.24) is 10.2 Å². The van der Waals surface area contributed by atoms with Gasteiger partial charge in [0, 0.05) is 18.6 Å². The lowest BCUT2D eigenvalue weighted by atomic mass is 10.1. The number of benzene rings is 1. The average Bonchev–Trinajstić information content (AvgIpc) is 2.91. The normalized spacial score (nSPS) is 20.7. The van der Waals surface area contributed by atoms with Gasteiger partial charge in [0.25, 0.3) is 0 Å². The van der Waals surface area contributed by atoms with Gasteiger partial charge < -0.3 is 15.2 Å². The van der Waals surface area contributed by atoms with Crippen molar-refractivity contribution >= 4 is 0 Å². The Hall–Kier alpha value is -1.26. The Kier molecular flexibility index (Phi) is 4.66. The van der Waals surface area contributed by atoms with Crippen LogP contribution in [0.4, 0.5) is 0 Å². The lowest BCUT2D eigenvalue weighted by molar-refractivity contribution is 0.237. The fourth-order valence-electron chi connectivity index (χ4n) is 2.63. The number of rotatable bonds is 5. The molecule has 2 rings (SSSR count). The first-order chi connectivity index (χ1) is 9.11. The maximum Gasteiger partial charge on any atom is 0.160 e. The van der Waals surface area contributed by atoms with Crippen LogP contribution in [0.25, 0.3) is 0 Å². The molecule has 106 valence electrons. The van der Waals surface area contributed by atoms with Gasteiger partial charge in [-0.15, -0.1) is 0 Å². The number of nitrogens with zero attached hydrogens (tertiary/aromatic N) is 1. The summed E-state index contributed by atoms with van der Waals surface area (Å²) in [6.45, 7) is 4.37. The number of likely N-dealkylation sites (N-methyl/N-ethyl adjacent to an activating group) is 1. The second-order valence-corrected chi connectivity index (χ2v) is 5.34. The predicted molar refractivity (Wildman–Crippen MR) is 76.7 cm³/mol. The third kappa shape index (κ3) is 3.39. The smallest absolute Gasteiger partial charge is 0.160 e. The molecule has 2 atom stereocenters. The summed E-state index contributed by atoms with van der Waals surface area (Å²) in [5, 5.41) is 13.2. The molecule has 0 aliphatic carbocycles. The van der Waals surface area contributed by atoms with Gasteiger partial charge in [-0.05, 0) is 51.1 Å². The van der Waals surface area contributed by atoms with E-state index in [9.17, 15) is 5.11 Å². The summed E-state index contributed by atoms with van der Waals surface area (Å²) in [5.74, 6) is 0.732. The summed E-state index contributed by atoms with van der Waals surface area (Å²) in [6, 6.07) is 6.48. The van der Waals surface area contributed by atoms with E-state index in [2.05, 4.69) is 24.2 Å². The Morgan fingerprint density at radius 3 is 2.95 bits per heavy atom. The zero-order valence-electron chi connectivity index (χ0n) is 12.0. The van der Waals surface area contributed by atoms with Gasteiger partial charge in [-0.1, -0.05) is 6.07 Å². The van der Waals surface area contributed by atoms with Crippen molar-refractivity contribution in [1.29, 1.82) is 0 Å². The fourth-order valence-corrected chi connectivity index (χ4v) is 2.63. The maximum absolute atomic E-state index is 9.64. The molecule has 1 aromatic rings. The summed E-state index contributed by atoms with van der Waals surface area (Å²) < 4.78 is 5.17. The van der Waals surface area contributed by atoms with Crippen LogP contribution in [0.15, 0.2) is 18.2 Å². The number of phenolic OH excluding ortho intramolecular Hbond substituents is 1. The van der Waals surface area contributed by atoms with E-state index in [-0.39, 0.29) is 5.75 Å². The second-order valence-electron chi connectivity index (χ2n) is 5.34. The first-order valence-corrected chi connectivity index (χ1v) is 6.92. The van der Waals surface area contributed by atoms with E-state index >= 15 is 0 Å². The second kappa shape index (κ2) is 6.26. The number of hydrogen-bond acceptors (Lipinski definition) is 4. The number of phenols is 1. The van der Waals surface area contributed by atoms with Gasteiger partial charge in [-0.2, -0.15) is 0 Å². The first-order valence-electron chi connectivity index (χ1n) is 6.92. The van der Waals surface area contributed by atoms with Gasteiger partial charge in [0.1, 0.15) is 0 Å². The molecule has 0 radical (unpaired) electrons. The van der Waals surface area contributed by atoms with Crippen molar-refractivity contribution in [3.8, 4) is 11.5 Å². The molecule has 4 heteroatoms. The lowest BCUT2D eigenvalue weighted by Gasteiger charge is -2.28. The summed E-state index contributed by atoms with van der Waals surface area (Å²) >= 11 is 0. The molecule has 0 aromatic heterocycles. The van der Waals surface area contributed by atoms with Gasteiger partial charge in [-0.3, -0.25) is 4.90 Å². The Balaban J connectivity index is 2.03. The average molecular weight is 264 g/mol. The van der Waals surface area contributed by atoms with Gasteiger partial charge in [0.2, 0.25) is 0 Å². The Morgan fingerprint density at radius 1 is 1.53 bits per heavy atom. The van der Waals surface area contributed by atoms with Crippen molar-refractivity contribution in [2.75, 3.05) is 27.2 Å². The van der Waals surface area contributed by atoms with Gasteiger partial charge in [-0.25, -0.2) is 0 Å². The topological polar surface area (TPSA) is 44.7 Å². The molecule has 1 heterocycles. The summed E-state index contributed by atoms with van der Waals surface area (Å²) in [5.41, 5.74) is 1.16. The largest absolute Gasteiger partial charge is 0.504 e. The van der Waals surface area contributed by atoms with Crippen LogP contribution >= 0.6 is 0 Å². The minimum absolute atomic E-state index is 0.193. The fraction of sp³-hybridized carbons (Fsp3) is 0.600. The van der Waals surface area contributed by atoms with Crippen molar-refractivity contribution in [2.45, 2.75) is 31.8 Å². The van der Waals surface area contributed by atoms with Crippen LogP contribution in [-0.4, -0.2) is 43.3 Å². The minimum atomic E-state index is 0.193. The van der Waals surface area contributed by atoms with E-state index in [1.54, 1.807) is 13.2 Å². The summed E-state index contributed by atoms with van der Waals surface area (Å²) in [6.07, 6.45) is 2.54. The first kappa shape index (κ1) is 14.2. The van der Waals surface area contributed by atoms with Crippen LogP contribution < -0.4 is 10.1 Å². The van der Waals surface area contributed by atoms with Crippen LogP contribution in [-0.2, 0) is 0 Å². The number of ether oxygens (including phenoxy) is 1. The van der Waals surface area contributed by atoms with Crippen molar-refractivity contribution in [3.63, 3.8) is 0 Å². The maximum atomic E-state index is 9.64. The molecule has 0 bridgehead atoms. The molecule has 1 aliphatic rings. The zero-order valence-corrected chi connectivity index (χ0v) is 12.0. The number of nitrogens with one attached hydrogen (secondary N) is 1. The molecule has 1 aromatic carbocycles. The highest BCUT2D eigenvalue weighted by molar-refractivity contribution is 5.42. The van der Waals surface area contributed by atoms with Crippen molar-refractivity contribution in [3.05, 3.63) is 23.8 Å². The van der Waals surface area contributed by atoms with E-state index in [4.69, 9.17) is 4.74 Å². The molecule has 0 saturated carbocycles. The van der Waals surface area contributed by atoms with Gasteiger partial charge in [0.15, 0.2) is 11.5 Å². The minimum Gasteiger partial charge on any atom is -0.504 e. The van der Waals surface area contributed by atoms with E-state index in [0.717, 1.165) is 18.7 Å². The Labute approximate surface area is 115 Å². The highest BCUT2D eigenvalue weighted by atomic mass is 16.5. The molecule has 1 aliphatic heterocycles. The molecule has 1 fully saturated rings. The number of hydrogen-bond donors (Lipinski definition) is 2. The van der Waals surface area contributed by atoms with E-state index in [0.29, 0.717) is 17.8 Å². The van der Waals surface area contributed by atoms with Crippen LogP contribution in [0.2, 0.25) is 0 Å². The Bertz CT molecular complexity index is 417. The standard InChI is InChI=1S/C15H24N2O2/c1-11(17(2)10-13-5-4-8-16-13)12-6-7-14(18)15(9-12)19-3/h6-7,9,11,13,16,18H,4-5,8,10H2,1-3H3. The number of aromatic hydroxyl groups is 1. The van der Waals surface area contributed by atoms with Crippen molar-refractivity contribution < 1.29 is 9.84 Å². The van der Waals surface area contributed by atoms with Gasteiger partial charge in [0.05, 0.1) is 7.11 Å². The third-order valence-electron chi connectivity index (χ3n) is 4.02. The lowest BCUT2D eigenvalue weighted by Crippen LogP contribution is -2.36. The van der Waals surface area contributed by atoms with Crippen LogP contribution in [0.5, 0.6) is 11.5 Å². The van der Waals surface area contributed by atoms with E-state index < -0.39 is 0 Å². The highest BCUT2D eigenvalue weighted by Crippen LogP contribution is 2.30. The molecular weight excluding hydrogens is 240 g/mol. The molecule has 4 nitrogen and oxygen atoms in total. The van der Waals surface area contributed by atoms with Crippen LogP contribution in [0.3, 0.4) is 0 Å². The molecule has 0 spiro atoms. The van der Waals surface area contributed by atoms with E-state index in [1.165, 1.54) is 12.8 Å². The predicted octanol–water partition coefficient (Wildman–Crippen LogP) is 2.15. The monoisotopic (exact) mass is 264 g/mol. The molecule has 2 unspecified atom stereocenters. The molecule has 2 N–H and O–H groups in total. The highest BCUT2D eigenvalue weighted by Gasteiger charge is 2.20. The molecule has 1 saturated heterocycles. The zero-order chi connectivity index (χ0) is 13.8. The quantitative estimate of drug-likeness (QED) is 0.855. The van der Waals surface area contributed by atoms with Crippen molar-refractivity contribution in [2.24, 2.45) is 0 Å². The van der Waals surface area contributed by atoms with Gasteiger partial charge >= 0.3 is 0 Å². The summed E-state index contributed by atoms with van der Waals surface area (Å²) in [4.78, 5) is 2.34. The van der Waals surface area contributed by atoms with E-state index in [1.807, 2.05) is 12.1 Å². The Morgan fingerprint density at radius 2 is 2.32 bits per heavy atom. The molecular formula is C15H24N2O2. The summed E-state index contributed by atoms with van der Waals surface area (Å²) in [7, 11) is 3.72. The van der Waals surface area contributed by atoms with Crippen LogP contribution in [0, 0.1) is 0 Å². The van der Waals surface area contributed by atoms with Crippen LogP contribution in [0.1, 0.15) is 31.4 Å². The SMILES string of the molecule is COc1cc(C(C)N(C)CC2CCCN2)ccc1O.